The summed E-state index contributed by atoms with van der Waals surface area (Å²) in [5, 5.41) is 6.02. The highest BCUT2D eigenvalue weighted by Crippen LogP contribution is 2.32. The van der Waals surface area contributed by atoms with Gasteiger partial charge in [-0.15, -0.1) is 0 Å². The Bertz CT molecular complexity index is 490. The number of nitrogens with two attached hydrogens (primary N) is 1. The minimum atomic E-state index is -0.137. The van der Waals surface area contributed by atoms with Crippen LogP contribution >= 0.6 is 0 Å². The molecule has 0 aliphatic carbocycles. The zero-order valence-electron chi connectivity index (χ0n) is 11.6. The largest absolute Gasteiger partial charge is 0.397 e. The molecule has 1 aromatic rings. The van der Waals surface area contributed by atoms with Gasteiger partial charge in [-0.1, -0.05) is 0 Å². The highest BCUT2D eigenvalue weighted by atomic mass is 16.5. The van der Waals surface area contributed by atoms with Crippen LogP contribution in [0, 0.1) is 0 Å². The van der Waals surface area contributed by atoms with Gasteiger partial charge in [-0.2, -0.15) is 0 Å². The van der Waals surface area contributed by atoms with E-state index in [9.17, 15) is 4.79 Å². The molecule has 0 radical (unpaired) electrons. The van der Waals surface area contributed by atoms with Crippen molar-refractivity contribution in [2.75, 3.05) is 24.7 Å². The highest BCUT2D eigenvalue weighted by Gasteiger charge is 2.37. The molecule has 2 rings (SSSR count). The van der Waals surface area contributed by atoms with Gasteiger partial charge in [0.25, 0.3) is 5.91 Å². The van der Waals surface area contributed by atoms with E-state index in [-0.39, 0.29) is 17.6 Å². The molecular formula is C14H21N3O2. The predicted molar refractivity (Wildman–Crippen MR) is 76.3 cm³/mol. The van der Waals surface area contributed by atoms with Crippen LogP contribution in [0.3, 0.4) is 0 Å². The van der Waals surface area contributed by atoms with Crippen molar-refractivity contribution in [3.63, 3.8) is 0 Å². The average Bonchev–Trinajstić information content (AvgIpc) is 2.71. The van der Waals surface area contributed by atoms with Crippen molar-refractivity contribution in [1.29, 1.82) is 0 Å². The molecule has 0 bridgehead atoms. The van der Waals surface area contributed by atoms with Crippen LogP contribution in [-0.4, -0.2) is 31.2 Å². The molecule has 4 N–H and O–H groups in total. The lowest BCUT2D eigenvalue weighted by atomic mass is 9.94. The van der Waals surface area contributed by atoms with Crippen molar-refractivity contribution in [3.8, 4) is 0 Å². The van der Waals surface area contributed by atoms with E-state index in [4.69, 9.17) is 10.5 Å². The second kappa shape index (κ2) is 5.09. The van der Waals surface area contributed by atoms with Crippen LogP contribution in [0.2, 0.25) is 0 Å². The first-order valence-electron chi connectivity index (χ1n) is 6.47. The number of hydrogen-bond donors (Lipinski definition) is 3. The van der Waals surface area contributed by atoms with Gasteiger partial charge in [0.1, 0.15) is 0 Å². The van der Waals surface area contributed by atoms with E-state index >= 15 is 0 Å². The summed E-state index contributed by atoms with van der Waals surface area (Å²) < 4.78 is 5.59. The molecule has 1 fully saturated rings. The van der Waals surface area contributed by atoms with E-state index in [1.54, 1.807) is 19.2 Å². The van der Waals surface area contributed by atoms with Crippen molar-refractivity contribution >= 4 is 17.3 Å². The average molecular weight is 263 g/mol. The molecule has 1 aromatic carbocycles. The van der Waals surface area contributed by atoms with E-state index in [1.807, 2.05) is 6.07 Å². The molecule has 2 atom stereocenters. The number of rotatable bonds is 3. The topological polar surface area (TPSA) is 76.4 Å². The Morgan fingerprint density at radius 2 is 2.26 bits per heavy atom. The Kier molecular flexibility index (Phi) is 3.66. The Hall–Kier alpha value is -1.75. The number of hydrogen-bond acceptors (Lipinski definition) is 4. The summed E-state index contributed by atoms with van der Waals surface area (Å²) in [7, 11) is 1.60. The van der Waals surface area contributed by atoms with Crippen LogP contribution in [0.1, 0.15) is 30.6 Å². The summed E-state index contributed by atoms with van der Waals surface area (Å²) in [6, 6.07) is 5.29. The number of benzene rings is 1. The van der Waals surface area contributed by atoms with Gasteiger partial charge in [-0.05, 0) is 38.5 Å². The summed E-state index contributed by atoms with van der Waals surface area (Å²) in [5.74, 6) is -0.137. The van der Waals surface area contributed by atoms with E-state index in [0.717, 1.165) is 18.7 Å². The lowest BCUT2D eigenvalue weighted by molar-refractivity contribution is 0.0963. The zero-order chi connectivity index (χ0) is 14.0. The fraction of sp³-hybridized carbons (Fsp3) is 0.500. The highest BCUT2D eigenvalue weighted by molar-refractivity contribution is 5.95. The molecule has 5 nitrogen and oxygen atoms in total. The standard InChI is InChI=1S/C14H21N3O2/c1-9-14(2,6-7-19-9)17-12-5-4-10(8-11(12)15)13(18)16-3/h4-5,8-9,17H,6-7,15H2,1-3H3,(H,16,18). The zero-order valence-corrected chi connectivity index (χ0v) is 11.6. The lowest BCUT2D eigenvalue weighted by Gasteiger charge is -2.30. The predicted octanol–water partition coefficient (Wildman–Crippen LogP) is 1.61. The van der Waals surface area contributed by atoms with Gasteiger partial charge in [0.05, 0.1) is 23.0 Å². The maximum Gasteiger partial charge on any atom is 0.251 e. The molecular weight excluding hydrogens is 242 g/mol. The van der Waals surface area contributed by atoms with Gasteiger partial charge in [0.2, 0.25) is 0 Å². The van der Waals surface area contributed by atoms with Crippen molar-refractivity contribution < 1.29 is 9.53 Å². The molecule has 0 saturated carbocycles. The van der Waals surface area contributed by atoms with Gasteiger partial charge in [-0.3, -0.25) is 4.79 Å². The Balaban J connectivity index is 2.20. The summed E-state index contributed by atoms with van der Waals surface area (Å²) in [4.78, 5) is 11.5. The van der Waals surface area contributed by atoms with Crippen LogP contribution < -0.4 is 16.4 Å². The van der Waals surface area contributed by atoms with Crippen LogP contribution in [0.25, 0.3) is 0 Å². The SMILES string of the molecule is CNC(=O)c1ccc(NC2(C)CCOC2C)c(N)c1. The third-order valence-corrected chi connectivity index (χ3v) is 3.85. The van der Waals surface area contributed by atoms with Crippen molar-refractivity contribution in [1.82, 2.24) is 5.32 Å². The molecule has 1 aliphatic heterocycles. The molecule has 5 heteroatoms. The molecule has 19 heavy (non-hydrogen) atoms. The first-order chi connectivity index (χ1) is 8.96. The first kappa shape index (κ1) is 13.7. The molecule has 0 aromatic heterocycles. The maximum absolute atomic E-state index is 11.5. The van der Waals surface area contributed by atoms with Gasteiger partial charge < -0.3 is 21.1 Å². The van der Waals surface area contributed by atoms with Gasteiger partial charge in [0.15, 0.2) is 0 Å². The van der Waals surface area contributed by atoms with Gasteiger partial charge in [0, 0.05) is 19.2 Å². The van der Waals surface area contributed by atoms with E-state index in [0.29, 0.717) is 11.3 Å². The minimum absolute atomic E-state index is 0.122. The summed E-state index contributed by atoms with van der Waals surface area (Å²) in [6.07, 6.45) is 1.07. The minimum Gasteiger partial charge on any atom is -0.397 e. The molecule has 2 unspecified atom stereocenters. The monoisotopic (exact) mass is 263 g/mol. The fourth-order valence-electron chi connectivity index (χ4n) is 2.27. The molecule has 104 valence electrons. The molecule has 0 spiro atoms. The molecule has 1 saturated heterocycles. The van der Waals surface area contributed by atoms with Gasteiger partial charge in [-0.25, -0.2) is 0 Å². The number of amides is 1. The summed E-state index contributed by atoms with van der Waals surface area (Å²) >= 11 is 0. The number of nitrogens with one attached hydrogen (secondary N) is 2. The van der Waals surface area contributed by atoms with E-state index in [1.165, 1.54) is 0 Å². The van der Waals surface area contributed by atoms with Crippen LogP contribution in [0.15, 0.2) is 18.2 Å². The van der Waals surface area contributed by atoms with Gasteiger partial charge >= 0.3 is 0 Å². The first-order valence-corrected chi connectivity index (χ1v) is 6.47. The lowest BCUT2D eigenvalue weighted by Crippen LogP contribution is -2.41. The molecule has 1 heterocycles. The maximum atomic E-state index is 11.5. The number of anilines is 2. The smallest absolute Gasteiger partial charge is 0.251 e. The quantitative estimate of drug-likeness (QED) is 0.724. The fourth-order valence-corrected chi connectivity index (χ4v) is 2.27. The second-order valence-electron chi connectivity index (χ2n) is 5.19. The number of carbonyl (C=O) groups is 1. The number of carbonyl (C=O) groups excluding carboxylic acids is 1. The summed E-state index contributed by atoms with van der Waals surface area (Å²) in [5.41, 5.74) is 7.86. The molecule has 1 aliphatic rings. The van der Waals surface area contributed by atoms with E-state index in [2.05, 4.69) is 24.5 Å². The Labute approximate surface area is 113 Å². The summed E-state index contributed by atoms with van der Waals surface area (Å²) in [6.45, 7) is 4.92. The van der Waals surface area contributed by atoms with Crippen molar-refractivity contribution in [2.45, 2.75) is 31.9 Å². The van der Waals surface area contributed by atoms with Crippen molar-refractivity contribution in [2.24, 2.45) is 0 Å². The Morgan fingerprint density at radius 1 is 1.53 bits per heavy atom. The second-order valence-corrected chi connectivity index (χ2v) is 5.19. The van der Waals surface area contributed by atoms with Crippen molar-refractivity contribution in [3.05, 3.63) is 23.8 Å². The third kappa shape index (κ3) is 2.66. The van der Waals surface area contributed by atoms with Crippen LogP contribution in [0.5, 0.6) is 0 Å². The van der Waals surface area contributed by atoms with E-state index < -0.39 is 0 Å². The number of nitrogen functional groups attached to an aromatic ring is 1. The van der Waals surface area contributed by atoms with Crippen LogP contribution in [-0.2, 0) is 4.74 Å². The molecule has 1 amide bonds. The normalized spacial score (nSPS) is 26.2. The number of ether oxygens (including phenoxy) is 1. The Morgan fingerprint density at radius 3 is 2.79 bits per heavy atom. The van der Waals surface area contributed by atoms with Crippen LogP contribution in [0.4, 0.5) is 11.4 Å². The third-order valence-electron chi connectivity index (χ3n) is 3.85.